The number of hydrogen-bond acceptors (Lipinski definition) is 3. The third-order valence-electron chi connectivity index (χ3n) is 6.18. The number of aromatic nitrogens is 3. The lowest BCUT2D eigenvalue weighted by molar-refractivity contribution is -0.134. The van der Waals surface area contributed by atoms with Crippen LogP contribution in [0.15, 0.2) is 53.5 Å². The molecular weight excluding hydrogens is 364 g/mol. The average molecular weight is 393 g/mol. The van der Waals surface area contributed by atoms with E-state index in [1.807, 2.05) is 47.4 Å². The number of likely N-dealkylation sites (tertiary alicyclic amines) is 1. The van der Waals surface area contributed by atoms with E-state index in [1.54, 1.807) is 22.4 Å². The molecule has 1 aromatic carbocycles. The van der Waals surface area contributed by atoms with Gasteiger partial charge in [-0.05, 0) is 42.9 Å². The van der Waals surface area contributed by atoms with Crippen LogP contribution in [0, 0.1) is 5.92 Å². The smallest absolute Gasteiger partial charge is 0.330 e. The van der Waals surface area contributed by atoms with Crippen LogP contribution in [0.1, 0.15) is 37.7 Å². The van der Waals surface area contributed by atoms with Gasteiger partial charge in [-0.1, -0.05) is 37.3 Å². The maximum atomic E-state index is 13.1. The fraction of sp³-hybridized carbons (Fsp3) is 0.435. The third kappa shape index (κ3) is 3.71. The maximum Gasteiger partial charge on any atom is 0.330 e. The molecule has 0 N–H and O–H groups in total. The number of pyridine rings is 1. The number of benzene rings is 1. The Balaban J connectivity index is 1.43. The zero-order valence-corrected chi connectivity index (χ0v) is 17.1. The van der Waals surface area contributed by atoms with Gasteiger partial charge in [-0.3, -0.25) is 13.9 Å². The van der Waals surface area contributed by atoms with Gasteiger partial charge in [-0.25, -0.2) is 9.78 Å². The summed E-state index contributed by atoms with van der Waals surface area (Å²) in [6, 6.07) is 13.8. The fourth-order valence-corrected chi connectivity index (χ4v) is 4.45. The summed E-state index contributed by atoms with van der Waals surface area (Å²) in [5.41, 5.74) is 2.68. The summed E-state index contributed by atoms with van der Waals surface area (Å²) in [7, 11) is 1.79. The summed E-state index contributed by atoms with van der Waals surface area (Å²) in [5, 5.41) is 0. The first-order valence-corrected chi connectivity index (χ1v) is 10.4. The second kappa shape index (κ2) is 8.23. The highest BCUT2D eigenvalue weighted by atomic mass is 16.2. The van der Waals surface area contributed by atoms with Gasteiger partial charge >= 0.3 is 5.69 Å². The number of amides is 1. The molecule has 6 heteroatoms. The van der Waals surface area contributed by atoms with Gasteiger partial charge in [0.2, 0.25) is 5.91 Å². The van der Waals surface area contributed by atoms with E-state index in [9.17, 15) is 9.59 Å². The summed E-state index contributed by atoms with van der Waals surface area (Å²) < 4.78 is 3.45. The Labute approximate surface area is 170 Å². The second-order valence-electron chi connectivity index (χ2n) is 7.94. The molecule has 6 nitrogen and oxygen atoms in total. The molecule has 2 aromatic heterocycles. The minimum absolute atomic E-state index is 0.0210. The van der Waals surface area contributed by atoms with E-state index in [1.165, 1.54) is 0 Å². The largest absolute Gasteiger partial charge is 0.342 e. The molecule has 1 unspecified atom stereocenters. The van der Waals surface area contributed by atoms with Crippen LogP contribution in [0.25, 0.3) is 11.2 Å². The van der Waals surface area contributed by atoms with E-state index in [2.05, 4.69) is 11.9 Å². The number of rotatable bonds is 5. The molecule has 3 aromatic rings. The summed E-state index contributed by atoms with van der Waals surface area (Å²) in [5.74, 6) is 0.528. The van der Waals surface area contributed by atoms with Crippen molar-refractivity contribution in [3.63, 3.8) is 0 Å². The zero-order chi connectivity index (χ0) is 20.4. The molecule has 1 fully saturated rings. The van der Waals surface area contributed by atoms with Crippen molar-refractivity contribution in [1.29, 1.82) is 0 Å². The van der Waals surface area contributed by atoms with Crippen molar-refractivity contribution in [3.8, 4) is 0 Å². The first-order chi connectivity index (χ1) is 14.1. The number of imidazole rings is 1. The Bertz CT molecular complexity index is 1050. The minimum Gasteiger partial charge on any atom is -0.342 e. The fourth-order valence-electron chi connectivity index (χ4n) is 4.45. The SMILES string of the molecule is CCC(C(=O)N1CCC(Cn2c(=O)n(C)c3cccnc32)CC1)c1ccccc1. The molecule has 1 aliphatic rings. The van der Waals surface area contributed by atoms with Crippen LogP contribution >= 0.6 is 0 Å². The predicted molar refractivity (Wildman–Crippen MR) is 114 cm³/mol. The molecule has 0 bridgehead atoms. The number of hydrogen-bond donors (Lipinski definition) is 0. The lowest BCUT2D eigenvalue weighted by atomic mass is 9.92. The van der Waals surface area contributed by atoms with Crippen LogP contribution in [0.4, 0.5) is 0 Å². The average Bonchev–Trinajstić information content (AvgIpc) is 3.00. The van der Waals surface area contributed by atoms with Gasteiger partial charge in [0.25, 0.3) is 0 Å². The molecule has 3 heterocycles. The first kappa shape index (κ1) is 19.4. The lowest BCUT2D eigenvalue weighted by Gasteiger charge is -2.34. The first-order valence-electron chi connectivity index (χ1n) is 10.4. The lowest BCUT2D eigenvalue weighted by Crippen LogP contribution is -2.42. The molecule has 1 saturated heterocycles. The van der Waals surface area contributed by atoms with Crippen LogP contribution in [-0.4, -0.2) is 38.0 Å². The molecule has 29 heavy (non-hydrogen) atoms. The van der Waals surface area contributed by atoms with Crippen molar-refractivity contribution in [1.82, 2.24) is 19.0 Å². The summed E-state index contributed by atoms with van der Waals surface area (Å²) in [4.78, 5) is 32.1. The Morgan fingerprint density at radius 1 is 1.14 bits per heavy atom. The van der Waals surface area contributed by atoms with Gasteiger partial charge in [0.1, 0.15) is 0 Å². The molecule has 152 valence electrons. The number of aryl methyl sites for hydroxylation is 1. The molecule has 0 aliphatic carbocycles. The van der Waals surface area contributed by atoms with Gasteiger partial charge in [-0.2, -0.15) is 0 Å². The molecular formula is C23H28N4O2. The molecule has 4 rings (SSSR count). The minimum atomic E-state index is -0.0716. The van der Waals surface area contributed by atoms with E-state index >= 15 is 0 Å². The van der Waals surface area contributed by atoms with E-state index < -0.39 is 0 Å². The Morgan fingerprint density at radius 3 is 2.55 bits per heavy atom. The van der Waals surface area contributed by atoms with Gasteiger partial charge in [-0.15, -0.1) is 0 Å². The van der Waals surface area contributed by atoms with Crippen molar-refractivity contribution in [2.75, 3.05) is 13.1 Å². The van der Waals surface area contributed by atoms with Crippen LogP contribution in [0.5, 0.6) is 0 Å². The quantitative estimate of drug-likeness (QED) is 0.670. The van der Waals surface area contributed by atoms with E-state index in [4.69, 9.17) is 0 Å². The summed E-state index contributed by atoms with van der Waals surface area (Å²) in [6.45, 7) is 4.23. The van der Waals surface area contributed by atoms with Crippen molar-refractivity contribution < 1.29 is 4.79 Å². The molecule has 0 radical (unpaired) electrons. The number of piperidine rings is 1. The molecule has 1 aliphatic heterocycles. The Kier molecular flexibility index (Phi) is 5.51. The molecule has 0 spiro atoms. The van der Waals surface area contributed by atoms with Crippen LogP contribution in [-0.2, 0) is 18.4 Å². The van der Waals surface area contributed by atoms with Gasteiger partial charge in [0, 0.05) is 32.9 Å². The summed E-state index contributed by atoms with van der Waals surface area (Å²) in [6.07, 6.45) is 4.35. The number of carbonyl (C=O) groups excluding carboxylic acids is 1. The highest BCUT2D eigenvalue weighted by Gasteiger charge is 2.29. The number of nitrogens with zero attached hydrogens (tertiary/aromatic N) is 4. The van der Waals surface area contributed by atoms with Crippen molar-refractivity contribution in [3.05, 3.63) is 64.7 Å². The summed E-state index contributed by atoms with van der Waals surface area (Å²) >= 11 is 0. The Morgan fingerprint density at radius 2 is 1.86 bits per heavy atom. The number of carbonyl (C=O) groups is 1. The van der Waals surface area contributed by atoms with Crippen molar-refractivity contribution in [2.24, 2.45) is 13.0 Å². The molecule has 1 atom stereocenters. The standard InChI is InChI=1S/C23H28N4O2/c1-3-19(18-8-5-4-6-9-18)22(28)26-14-11-17(12-15-26)16-27-21-20(10-7-13-24-21)25(2)23(27)29/h4-10,13,17,19H,3,11-12,14-16H2,1-2H3. The monoisotopic (exact) mass is 392 g/mol. The topological polar surface area (TPSA) is 60.1 Å². The molecule has 0 saturated carbocycles. The normalized spacial score (nSPS) is 16.3. The predicted octanol–water partition coefficient (Wildman–Crippen LogP) is 3.17. The molecule has 1 amide bonds. The van der Waals surface area contributed by atoms with Crippen LogP contribution in [0.2, 0.25) is 0 Å². The van der Waals surface area contributed by atoms with Gasteiger partial charge in [0.15, 0.2) is 5.65 Å². The van der Waals surface area contributed by atoms with Gasteiger partial charge < -0.3 is 4.90 Å². The van der Waals surface area contributed by atoms with Gasteiger partial charge in [0.05, 0.1) is 11.4 Å². The van der Waals surface area contributed by atoms with Crippen LogP contribution < -0.4 is 5.69 Å². The van der Waals surface area contributed by atoms with E-state index in [0.717, 1.165) is 49.1 Å². The maximum absolute atomic E-state index is 13.1. The Hall–Kier alpha value is -2.89. The highest BCUT2D eigenvalue weighted by molar-refractivity contribution is 5.83. The third-order valence-corrected chi connectivity index (χ3v) is 6.18. The van der Waals surface area contributed by atoms with Crippen LogP contribution in [0.3, 0.4) is 0 Å². The van der Waals surface area contributed by atoms with E-state index in [-0.39, 0.29) is 17.5 Å². The second-order valence-corrected chi connectivity index (χ2v) is 7.94. The number of fused-ring (bicyclic) bond motifs is 1. The zero-order valence-electron chi connectivity index (χ0n) is 17.1. The highest BCUT2D eigenvalue weighted by Crippen LogP contribution is 2.26. The van der Waals surface area contributed by atoms with Crippen molar-refractivity contribution >= 4 is 17.1 Å². The van der Waals surface area contributed by atoms with E-state index in [0.29, 0.717) is 12.5 Å². The van der Waals surface area contributed by atoms with Crippen molar-refractivity contribution in [2.45, 2.75) is 38.6 Å².